The molecule has 0 fully saturated rings. The van der Waals surface area contributed by atoms with Crippen LogP contribution in [0, 0.1) is 0 Å². The lowest BCUT2D eigenvalue weighted by Crippen LogP contribution is -2.59. The quantitative estimate of drug-likeness (QED) is 0.384. The molecule has 0 aromatic heterocycles. The van der Waals surface area contributed by atoms with Gasteiger partial charge in [0.1, 0.15) is 5.66 Å². The number of rotatable bonds is 2. The fourth-order valence-electron chi connectivity index (χ4n) is 0.174. The Hall–Kier alpha value is -0.610. The Kier molecular flexibility index (Phi) is 1.94. The highest BCUT2D eigenvalue weighted by Crippen LogP contribution is 1.92. The Morgan fingerprint density at radius 2 is 2.00 bits per heavy atom. The maximum absolute atomic E-state index is 10.2. The van der Waals surface area contributed by atoms with Gasteiger partial charge >= 0.3 is 0 Å². The first-order valence-electron chi connectivity index (χ1n) is 2.38. The van der Waals surface area contributed by atoms with Crippen LogP contribution in [0.3, 0.4) is 0 Å². The van der Waals surface area contributed by atoms with Crippen LogP contribution in [0.5, 0.6) is 0 Å². The molecule has 1 amide bonds. The largest absolute Gasteiger partial charge is 0.367 e. The van der Waals surface area contributed by atoms with Crippen LogP contribution in [0.15, 0.2) is 0 Å². The predicted octanol–water partition coefficient (Wildman–Crippen LogP) is -1.50. The topological polar surface area (TPSA) is 95.1 Å². The molecule has 48 valence electrons. The van der Waals surface area contributed by atoms with E-state index in [9.17, 15) is 4.79 Å². The molecule has 0 aliphatic rings. The highest BCUT2D eigenvalue weighted by molar-refractivity contribution is 5.83. The van der Waals surface area contributed by atoms with Crippen LogP contribution in [-0.4, -0.2) is 11.6 Å². The first kappa shape index (κ1) is 7.39. The van der Waals surface area contributed by atoms with Crippen LogP contribution >= 0.6 is 0 Å². The summed E-state index contributed by atoms with van der Waals surface area (Å²) in [7, 11) is 0. The maximum Gasteiger partial charge on any atom is 0.252 e. The van der Waals surface area contributed by atoms with Gasteiger partial charge < -0.3 is 17.2 Å². The van der Waals surface area contributed by atoms with Crippen LogP contribution in [0.1, 0.15) is 13.3 Å². The van der Waals surface area contributed by atoms with Crippen molar-refractivity contribution in [1.82, 2.24) is 0 Å². The second kappa shape index (κ2) is 2.11. The second-order valence-corrected chi connectivity index (χ2v) is 1.76. The molecule has 0 aromatic rings. The molecule has 0 heterocycles. The first-order valence-corrected chi connectivity index (χ1v) is 2.38. The molecule has 4 heteroatoms. The van der Waals surface area contributed by atoms with Crippen molar-refractivity contribution in [3.05, 3.63) is 0 Å². The third kappa shape index (κ3) is 1.48. The third-order valence-electron chi connectivity index (χ3n) is 1.04. The number of hydrogen-bond donors (Lipinski definition) is 3. The Labute approximate surface area is 48.0 Å². The van der Waals surface area contributed by atoms with Crippen molar-refractivity contribution in [2.24, 2.45) is 17.2 Å². The van der Waals surface area contributed by atoms with Gasteiger partial charge in [-0.15, -0.1) is 0 Å². The van der Waals surface area contributed by atoms with Gasteiger partial charge in [-0.1, -0.05) is 6.92 Å². The van der Waals surface area contributed by atoms with E-state index in [-0.39, 0.29) is 0 Å². The summed E-state index contributed by atoms with van der Waals surface area (Å²) in [6.07, 6.45) is 0.363. The second-order valence-electron chi connectivity index (χ2n) is 1.76. The molecule has 0 bridgehead atoms. The van der Waals surface area contributed by atoms with Gasteiger partial charge in [0.25, 0.3) is 5.91 Å². The standard InChI is InChI=1S/C4H11N3O/c1-2-4(6,7)3(5)8/h2,6-7H2,1H3,(H2,5,8). The van der Waals surface area contributed by atoms with Crippen molar-refractivity contribution in [3.8, 4) is 0 Å². The normalized spacial score (nSPS) is 11.4. The van der Waals surface area contributed by atoms with E-state index in [4.69, 9.17) is 17.2 Å². The molecule has 6 N–H and O–H groups in total. The predicted molar refractivity (Wildman–Crippen MR) is 30.6 cm³/mol. The molecule has 0 unspecified atom stereocenters. The molecule has 0 aliphatic carbocycles. The van der Waals surface area contributed by atoms with Crippen molar-refractivity contribution >= 4 is 5.91 Å². The average Bonchev–Trinajstić information content (AvgIpc) is 1.67. The van der Waals surface area contributed by atoms with Gasteiger partial charge in [0.15, 0.2) is 0 Å². The minimum atomic E-state index is -1.32. The van der Waals surface area contributed by atoms with Gasteiger partial charge in [0.2, 0.25) is 0 Å². The average molecular weight is 117 g/mol. The Bertz CT molecular complexity index is 99.5. The van der Waals surface area contributed by atoms with Gasteiger partial charge in [-0.05, 0) is 6.42 Å². The summed E-state index contributed by atoms with van der Waals surface area (Å²) in [5, 5.41) is 0. The Balaban J connectivity index is 3.91. The molecule has 8 heavy (non-hydrogen) atoms. The molecule has 0 radical (unpaired) electrons. The lowest BCUT2D eigenvalue weighted by atomic mass is 10.1. The molecule has 0 aromatic carbocycles. The van der Waals surface area contributed by atoms with Crippen molar-refractivity contribution in [2.75, 3.05) is 0 Å². The van der Waals surface area contributed by atoms with Gasteiger partial charge in [-0.25, -0.2) is 0 Å². The van der Waals surface area contributed by atoms with Crippen LogP contribution < -0.4 is 17.2 Å². The third-order valence-corrected chi connectivity index (χ3v) is 1.04. The molecule has 0 spiro atoms. The minimum absolute atomic E-state index is 0.363. The van der Waals surface area contributed by atoms with E-state index in [1.165, 1.54) is 0 Å². The number of carbonyl (C=O) groups is 1. The molecule has 0 rings (SSSR count). The summed E-state index contributed by atoms with van der Waals surface area (Å²) in [5.41, 5.74) is 13.8. The molecule has 0 atom stereocenters. The van der Waals surface area contributed by atoms with Crippen LogP contribution in [0.4, 0.5) is 0 Å². The summed E-state index contributed by atoms with van der Waals surface area (Å²) in [6.45, 7) is 1.70. The smallest absolute Gasteiger partial charge is 0.252 e. The summed E-state index contributed by atoms with van der Waals surface area (Å²) < 4.78 is 0. The first-order chi connectivity index (χ1) is 3.50. The molecule has 0 aliphatic heterocycles. The van der Waals surface area contributed by atoms with Crippen molar-refractivity contribution < 1.29 is 4.79 Å². The molecule has 0 saturated carbocycles. The number of nitrogens with two attached hydrogens (primary N) is 3. The van der Waals surface area contributed by atoms with Gasteiger partial charge in [0.05, 0.1) is 0 Å². The van der Waals surface area contributed by atoms with Crippen LogP contribution in [-0.2, 0) is 4.79 Å². The van der Waals surface area contributed by atoms with E-state index < -0.39 is 11.6 Å². The van der Waals surface area contributed by atoms with Crippen LogP contribution in [0.2, 0.25) is 0 Å². The zero-order chi connectivity index (χ0) is 6.78. The van der Waals surface area contributed by atoms with Gasteiger partial charge in [-0.2, -0.15) is 0 Å². The maximum atomic E-state index is 10.2. The molecule has 4 nitrogen and oxygen atoms in total. The van der Waals surface area contributed by atoms with Gasteiger partial charge in [0, 0.05) is 0 Å². The fraction of sp³-hybridized carbons (Fsp3) is 0.750. The summed E-state index contributed by atoms with van der Waals surface area (Å²) >= 11 is 0. The van der Waals surface area contributed by atoms with Crippen LogP contribution in [0.25, 0.3) is 0 Å². The minimum Gasteiger partial charge on any atom is -0.367 e. The number of amides is 1. The summed E-state index contributed by atoms with van der Waals surface area (Å²) in [6, 6.07) is 0. The van der Waals surface area contributed by atoms with E-state index >= 15 is 0 Å². The number of primary amides is 1. The zero-order valence-electron chi connectivity index (χ0n) is 4.85. The van der Waals surface area contributed by atoms with E-state index in [2.05, 4.69) is 0 Å². The zero-order valence-corrected chi connectivity index (χ0v) is 4.85. The monoisotopic (exact) mass is 117 g/mol. The SMILES string of the molecule is CCC(N)(N)C(N)=O. The van der Waals surface area contributed by atoms with Gasteiger partial charge in [-0.3, -0.25) is 4.79 Å². The van der Waals surface area contributed by atoms with Crippen molar-refractivity contribution in [2.45, 2.75) is 19.0 Å². The van der Waals surface area contributed by atoms with E-state index in [1.54, 1.807) is 6.92 Å². The Morgan fingerprint density at radius 1 is 1.62 bits per heavy atom. The van der Waals surface area contributed by atoms with E-state index in [0.29, 0.717) is 6.42 Å². The molecular weight excluding hydrogens is 106 g/mol. The fourth-order valence-corrected chi connectivity index (χ4v) is 0.174. The highest BCUT2D eigenvalue weighted by Gasteiger charge is 2.22. The lowest BCUT2D eigenvalue weighted by molar-refractivity contribution is -0.123. The number of carbonyl (C=O) groups excluding carboxylic acids is 1. The molecular formula is C4H11N3O. The Morgan fingerprint density at radius 3 is 2.00 bits per heavy atom. The lowest BCUT2D eigenvalue weighted by Gasteiger charge is -2.16. The summed E-state index contributed by atoms with van der Waals surface area (Å²) in [4.78, 5) is 10.2. The van der Waals surface area contributed by atoms with Crippen molar-refractivity contribution in [3.63, 3.8) is 0 Å². The molecule has 0 saturated heterocycles. The van der Waals surface area contributed by atoms with E-state index in [0.717, 1.165) is 0 Å². The van der Waals surface area contributed by atoms with Crippen molar-refractivity contribution in [1.29, 1.82) is 0 Å². The number of hydrogen-bond acceptors (Lipinski definition) is 3. The highest BCUT2D eigenvalue weighted by atomic mass is 16.1. The summed E-state index contributed by atoms with van der Waals surface area (Å²) in [5.74, 6) is -0.667. The van der Waals surface area contributed by atoms with E-state index in [1.807, 2.05) is 0 Å².